The van der Waals surface area contributed by atoms with Crippen LogP contribution in [0.25, 0.3) is 0 Å². The van der Waals surface area contributed by atoms with E-state index in [0.29, 0.717) is 10.6 Å². The number of nitrogens with zero attached hydrogens (tertiary/aromatic N) is 1. The minimum atomic E-state index is -0.805. The van der Waals surface area contributed by atoms with Crippen LogP contribution in [0.15, 0.2) is 36.4 Å². The van der Waals surface area contributed by atoms with Crippen LogP contribution in [0.5, 0.6) is 0 Å². The summed E-state index contributed by atoms with van der Waals surface area (Å²) in [6, 6.07) is 10.2. The first-order valence-electron chi connectivity index (χ1n) is 8.99. The van der Waals surface area contributed by atoms with Crippen molar-refractivity contribution in [1.82, 2.24) is 4.90 Å². The summed E-state index contributed by atoms with van der Waals surface area (Å²) in [5, 5.41) is 0.571. The van der Waals surface area contributed by atoms with E-state index in [1.807, 2.05) is 20.8 Å². The van der Waals surface area contributed by atoms with Gasteiger partial charge in [0.05, 0.1) is 13.0 Å². The second-order valence-electron chi connectivity index (χ2n) is 6.76. The van der Waals surface area contributed by atoms with E-state index >= 15 is 0 Å². The van der Waals surface area contributed by atoms with Crippen molar-refractivity contribution >= 4 is 23.5 Å². The summed E-state index contributed by atoms with van der Waals surface area (Å²) in [5.41, 5.74) is 4.99. The third-order valence-electron chi connectivity index (χ3n) is 4.64. The molecule has 0 heterocycles. The lowest BCUT2D eigenvalue weighted by atomic mass is 9.96. The Morgan fingerprint density at radius 1 is 1.07 bits per heavy atom. The van der Waals surface area contributed by atoms with Crippen molar-refractivity contribution in [2.75, 3.05) is 13.7 Å². The molecular formula is C22H26ClNO3. The van der Waals surface area contributed by atoms with E-state index in [0.717, 1.165) is 16.7 Å². The van der Waals surface area contributed by atoms with Crippen LogP contribution in [0.1, 0.15) is 40.8 Å². The van der Waals surface area contributed by atoms with Gasteiger partial charge in [-0.25, -0.2) is 4.79 Å². The Morgan fingerprint density at radius 2 is 1.63 bits per heavy atom. The number of halogens is 1. The van der Waals surface area contributed by atoms with Crippen molar-refractivity contribution in [3.63, 3.8) is 0 Å². The van der Waals surface area contributed by atoms with Crippen molar-refractivity contribution in [1.29, 1.82) is 0 Å². The third-order valence-corrected chi connectivity index (χ3v) is 4.90. The molecule has 0 aliphatic rings. The molecule has 0 radical (unpaired) electrons. The van der Waals surface area contributed by atoms with Gasteiger partial charge in [0.1, 0.15) is 0 Å². The molecule has 2 rings (SSSR count). The minimum Gasteiger partial charge on any atom is -0.464 e. The van der Waals surface area contributed by atoms with Crippen LogP contribution in [0.2, 0.25) is 5.02 Å². The second-order valence-corrected chi connectivity index (χ2v) is 7.20. The number of benzene rings is 2. The molecule has 0 fully saturated rings. The number of esters is 1. The van der Waals surface area contributed by atoms with Gasteiger partial charge in [-0.2, -0.15) is 0 Å². The molecule has 0 aromatic heterocycles. The summed E-state index contributed by atoms with van der Waals surface area (Å²) in [6.45, 7) is 8.04. The van der Waals surface area contributed by atoms with Crippen molar-refractivity contribution in [2.24, 2.45) is 0 Å². The fourth-order valence-corrected chi connectivity index (χ4v) is 3.42. The summed E-state index contributed by atoms with van der Waals surface area (Å²) in [5.74, 6) is -0.592. The Balaban J connectivity index is 2.31. The number of amides is 1. The average Bonchev–Trinajstić information content (AvgIpc) is 2.60. The van der Waals surface area contributed by atoms with E-state index in [-0.39, 0.29) is 18.9 Å². The number of hydrogen-bond donors (Lipinski definition) is 0. The summed E-state index contributed by atoms with van der Waals surface area (Å²) in [7, 11) is 1.64. The molecule has 0 saturated carbocycles. The molecule has 0 aliphatic carbocycles. The van der Waals surface area contributed by atoms with Gasteiger partial charge in [-0.3, -0.25) is 4.79 Å². The highest BCUT2D eigenvalue weighted by molar-refractivity contribution is 6.30. The van der Waals surface area contributed by atoms with E-state index < -0.39 is 12.0 Å². The minimum absolute atomic E-state index is 0.141. The van der Waals surface area contributed by atoms with Crippen molar-refractivity contribution in [2.45, 2.75) is 40.2 Å². The molecule has 1 atom stereocenters. The number of carbonyl (C=O) groups excluding carboxylic acids is 2. The molecule has 1 unspecified atom stereocenters. The SMILES string of the molecule is CCOC(=O)C(c1ccc(Cl)cc1)N(C)C(=O)Cc1c(C)cc(C)cc1C. The summed E-state index contributed by atoms with van der Waals surface area (Å²) in [4.78, 5) is 27.0. The van der Waals surface area contributed by atoms with E-state index in [4.69, 9.17) is 16.3 Å². The first kappa shape index (κ1) is 21.0. The lowest BCUT2D eigenvalue weighted by Gasteiger charge is -2.27. The van der Waals surface area contributed by atoms with Gasteiger partial charge in [0, 0.05) is 12.1 Å². The van der Waals surface area contributed by atoms with Crippen LogP contribution in [0.3, 0.4) is 0 Å². The van der Waals surface area contributed by atoms with Crippen LogP contribution >= 0.6 is 11.6 Å². The first-order valence-corrected chi connectivity index (χ1v) is 9.36. The highest BCUT2D eigenvalue weighted by Crippen LogP contribution is 2.25. The normalized spacial score (nSPS) is 11.8. The molecule has 0 aliphatic heterocycles. The lowest BCUT2D eigenvalue weighted by Crippen LogP contribution is -2.38. The summed E-state index contributed by atoms with van der Waals surface area (Å²) >= 11 is 5.96. The molecule has 5 heteroatoms. The zero-order valence-corrected chi connectivity index (χ0v) is 17.3. The molecule has 2 aromatic rings. The summed E-state index contributed by atoms with van der Waals surface area (Å²) in [6.07, 6.45) is 0.234. The van der Waals surface area contributed by atoms with Gasteiger partial charge in [-0.15, -0.1) is 0 Å². The molecule has 0 N–H and O–H groups in total. The van der Waals surface area contributed by atoms with Crippen molar-refractivity contribution in [3.8, 4) is 0 Å². The van der Waals surface area contributed by atoms with E-state index in [1.165, 1.54) is 10.5 Å². The number of hydrogen-bond acceptors (Lipinski definition) is 3. The Kier molecular flexibility index (Phi) is 7.03. The predicted octanol–water partition coefficient (Wildman–Crippen LogP) is 4.57. The van der Waals surface area contributed by atoms with Gasteiger partial charge in [0.25, 0.3) is 0 Å². The van der Waals surface area contributed by atoms with Crippen LogP contribution in [0.4, 0.5) is 0 Å². The first-order chi connectivity index (χ1) is 12.7. The van der Waals surface area contributed by atoms with Gasteiger partial charge in [0.15, 0.2) is 6.04 Å². The maximum absolute atomic E-state index is 13.0. The molecule has 4 nitrogen and oxygen atoms in total. The smallest absolute Gasteiger partial charge is 0.333 e. The highest BCUT2D eigenvalue weighted by atomic mass is 35.5. The fraction of sp³-hybridized carbons (Fsp3) is 0.364. The third kappa shape index (κ3) is 5.10. The quantitative estimate of drug-likeness (QED) is 0.682. The van der Waals surface area contributed by atoms with Crippen molar-refractivity contribution in [3.05, 3.63) is 69.2 Å². The number of carbonyl (C=O) groups is 2. The molecule has 0 bridgehead atoms. The monoisotopic (exact) mass is 387 g/mol. The van der Waals surface area contributed by atoms with Gasteiger partial charge in [0.2, 0.25) is 5.91 Å². The van der Waals surface area contributed by atoms with Crippen LogP contribution in [0, 0.1) is 20.8 Å². The molecule has 2 aromatic carbocycles. The number of ether oxygens (including phenoxy) is 1. The van der Waals surface area contributed by atoms with Gasteiger partial charge < -0.3 is 9.64 Å². The van der Waals surface area contributed by atoms with Crippen LogP contribution < -0.4 is 0 Å². The molecule has 144 valence electrons. The van der Waals surface area contributed by atoms with Crippen LogP contribution in [-0.4, -0.2) is 30.4 Å². The number of rotatable bonds is 6. The Morgan fingerprint density at radius 3 is 2.15 bits per heavy atom. The van der Waals surface area contributed by atoms with Crippen LogP contribution in [-0.2, 0) is 20.7 Å². The zero-order valence-electron chi connectivity index (χ0n) is 16.5. The molecule has 0 saturated heterocycles. The fourth-order valence-electron chi connectivity index (χ4n) is 3.29. The maximum Gasteiger partial charge on any atom is 0.333 e. The average molecular weight is 388 g/mol. The predicted molar refractivity (Wildman–Crippen MR) is 108 cm³/mol. The Bertz CT molecular complexity index is 807. The maximum atomic E-state index is 13.0. The summed E-state index contributed by atoms with van der Waals surface area (Å²) < 4.78 is 5.21. The van der Waals surface area contributed by atoms with Gasteiger partial charge in [-0.05, 0) is 62.1 Å². The van der Waals surface area contributed by atoms with Crippen molar-refractivity contribution < 1.29 is 14.3 Å². The van der Waals surface area contributed by atoms with E-state index in [1.54, 1.807) is 38.2 Å². The molecular weight excluding hydrogens is 362 g/mol. The zero-order chi connectivity index (χ0) is 20.1. The Labute approximate surface area is 166 Å². The van der Waals surface area contributed by atoms with E-state index in [9.17, 15) is 9.59 Å². The van der Waals surface area contributed by atoms with E-state index in [2.05, 4.69) is 12.1 Å². The topological polar surface area (TPSA) is 46.6 Å². The molecule has 1 amide bonds. The lowest BCUT2D eigenvalue weighted by molar-refractivity contribution is -0.154. The Hall–Kier alpha value is -2.33. The largest absolute Gasteiger partial charge is 0.464 e. The number of aryl methyl sites for hydroxylation is 3. The highest BCUT2D eigenvalue weighted by Gasteiger charge is 2.30. The second kappa shape index (κ2) is 9.05. The van der Waals surface area contributed by atoms with Gasteiger partial charge in [-0.1, -0.05) is 41.4 Å². The molecule has 0 spiro atoms. The van der Waals surface area contributed by atoms with Gasteiger partial charge >= 0.3 is 5.97 Å². The standard InChI is InChI=1S/C22H26ClNO3/c1-6-27-22(26)21(17-7-9-18(23)10-8-17)24(5)20(25)13-19-15(3)11-14(2)12-16(19)4/h7-12,21H,6,13H2,1-5H3. The number of likely N-dealkylation sites (N-methyl/N-ethyl adjacent to an activating group) is 1. The molecule has 27 heavy (non-hydrogen) atoms.